The quantitative estimate of drug-likeness (QED) is 0.114. The van der Waals surface area contributed by atoms with Crippen molar-refractivity contribution < 1.29 is 14.3 Å². The number of carbonyl (C=O) groups excluding carboxylic acids is 1. The van der Waals surface area contributed by atoms with Gasteiger partial charge in [0.2, 0.25) is 0 Å². The molecule has 0 fully saturated rings. The molecule has 0 amide bonds. The summed E-state index contributed by atoms with van der Waals surface area (Å²) < 4.78 is 11.7. The van der Waals surface area contributed by atoms with Crippen LogP contribution in [0.3, 0.4) is 0 Å². The average molecular weight is 454 g/mol. The Bertz CT molecular complexity index is 555. The summed E-state index contributed by atoms with van der Waals surface area (Å²) in [7, 11) is 0. The molecular weight excluding hydrogens is 406 g/mol. The predicted octanol–water partition coefficient (Wildman–Crippen LogP) is 8.06. The monoisotopic (exact) mass is 453 g/mol. The highest BCUT2D eigenvalue weighted by Gasteiger charge is 2.21. The van der Waals surface area contributed by atoms with E-state index in [1.807, 2.05) is 11.4 Å². The van der Waals surface area contributed by atoms with Crippen molar-refractivity contribution in [3.05, 3.63) is 16.3 Å². The van der Waals surface area contributed by atoms with Gasteiger partial charge in [-0.25, -0.2) is 4.79 Å². The number of hydrogen-bond donors (Lipinski definition) is 0. The minimum Gasteiger partial charge on any atom is -0.493 e. The molecule has 1 atom stereocenters. The van der Waals surface area contributed by atoms with Gasteiger partial charge in [0.1, 0.15) is 10.6 Å². The van der Waals surface area contributed by atoms with Crippen molar-refractivity contribution in [2.75, 3.05) is 19.7 Å². The Kier molecular flexibility index (Phi) is 16.7. The zero-order chi connectivity index (χ0) is 22.7. The third-order valence-electron chi connectivity index (χ3n) is 5.56. The van der Waals surface area contributed by atoms with Gasteiger partial charge in [0.05, 0.1) is 6.61 Å². The summed E-state index contributed by atoms with van der Waals surface area (Å²) in [5.41, 5.74) is 0. The lowest BCUT2D eigenvalue weighted by molar-refractivity contribution is -0.0342. The van der Waals surface area contributed by atoms with Gasteiger partial charge in [-0.2, -0.15) is 0 Å². The van der Waals surface area contributed by atoms with Crippen molar-refractivity contribution in [2.24, 2.45) is 0 Å². The normalized spacial score (nSPS) is 12.3. The number of nitrogens with zero attached hydrogens (tertiary/aromatic N) is 1. The first-order valence-electron chi connectivity index (χ1n) is 12.8. The molecule has 0 aliphatic rings. The van der Waals surface area contributed by atoms with Crippen molar-refractivity contribution in [1.82, 2.24) is 4.90 Å². The van der Waals surface area contributed by atoms with E-state index in [0.717, 1.165) is 51.1 Å². The minimum atomic E-state index is -0.233. The number of rotatable bonds is 20. The molecule has 0 aromatic carbocycles. The molecule has 1 heterocycles. The number of carbonyl (C=O) groups is 1. The second-order valence-electron chi connectivity index (χ2n) is 8.48. The minimum absolute atomic E-state index is 0.148. The maximum absolute atomic E-state index is 12.6. The lowest BCUT2D eigenvalue weighted by Gasteiger charge is -2.29. The summed E-state index contributed by atoms with van der Waals surface area (Å²) in [6, 6.07) is 1.83. The maximum Gasteiger partial charge on any atom is 0.350 e. The average Bonchev–Trinajstić information content (AvgIpc) is 3.24. The number of hydrogen-bond acceptors (Lipinski definition) is 5. The van der Waals surface area contributed by atoms with Crippen LogP contribution in [0.15, 0.2) is 11.4 Å². The fraction of sp³-hybridized carbons (Fsp3) is 0.808. The van der Waals surface area contributed by atoms with Crippen LogP contribution in [-0.4, -0.2) is 36.8 Å². The van der Waals surface area contributed by atoms with Crippen molar-refractivity contribution in [3.8, 4) is 5.75 Å². The fourth-order valence-electron chi connectivity index (χ4n) is 3.85. The third-order valence-corrected chi connectivity index (χ3v) is 6.45. The molecule has 0 N–H and O–H groups in total. The van der Waals surface area contributed by atoms with Crippen LogP contribution in [0.25, 0.3) is 0 Å². The molecule has 0 bridgehead atoms. The van der Waals surface area contributed by atoms with E-state index in [0.29, 0.717) is 4.88 Å². The van der Waals surface area contributed by atoms with Crippen LogP contribution in [0.5, 0.6) is 5.75 Å². The Balaban J connectivity index is 2.24. The summed E-state index contributed by atoms with van der Waals surface area (Å²) in [5, 5.41) is 1.92. The molecule has 5 heteroatoms. The van der Waals surface area contributed by atoms with Crippen LogP contribution in [0.2, 0.25) is 0 Å². The zero-order valence-electron chi connectivity index (χ0n) is 20.6. The van der Waals surface area contributed by atoms with Crippen molar-refractivity contribution in [3.63, 3.8) is 0 Å². The van der Waals surface area contributed by atoms with Crippen LogP contribution >= 0.6 is 11.3 Å². The van der Waals surface area contributed by atoms with E-state index in [-0.39, 0.29) is 12.2 Å². The van der Waals surface area contributed by atoms with Crippen molar-refractivity contribution in [1.29, 1.82) is 0 Å². The predicted molar refractivity (Wildman–Crippen MR) is 133 cm³/mol. The summed E-state index contributed by atoms with van der Waals surface area (Å²) in [5.74, 6) is 0.558. The molecule has 1 aromatic heterocycles. The van der Waals surface area contributed by atoms with Gasteiger partial charge in [-0.15, -0.1) is 11.3 Å². The van der Waals surface area contributed by atoms with Crippen LogP contribution in [0.1, 0.15) is 121 Å². The lowest BCUT2D eigenvalue weighted by Crippen LogP contribution is -2.39. The van der Waals surface area contributed by atoms with E-state index in [1.54, 1.807) is 0 Å². The Hall–Kier alpha value is -1.07. The Labute approximate surface area is 195 Å². The van der Waals surface area contributed by atoms with E-state index in [4.69, 9.17) is 9.47 Å². The molecule has 0 saturated carbocycles. The van der Waals surface area contributed by atoms with E-state index in [1.165, 1.54) is 69.1 Å². The van der Waals surface area contributed by atoms with Crippen LogP contribution < -0.4 is 4.74 Å². The van der Waals surface area contributed by atoms with Crippen molar-refractivity contribution >= 4 is 17.3 Å². The van der Waals surface area contributed by atoms with E-state index in [9.17, 15) is 4.79 Å². The molecule has 180 valence electrons. The van der Waals surface area contributed by atoms with Crippen LogP contribution in [0, 0.1) is 0 Å². The van der Waals surface area contributed by atoms with Gasteiger partial charge < -0.3 is 9.47 Å². The highest BCUT2D eigenvalue weighted by molar-refractivity contribution is 7.12. The molecular formula is C26H47NO3S. The Morgan fingerprint density at radius 1 is 0.871 bits per heavy atom. The molecule has 0 radical (unpaired) electrons. The summed E-state index contributed by atoms with van der Waals surface area (Å²) in [6.07, 6.45) is 16.0. The molecule has 1 aromatic rings. The standard InChI is InChI=1S/C26H47NO3S/c1-5-9-10-11-12-13-14-15-16-17-20-29-23-21-24(31-22-23)26(28)30-25(8-4)27(18-6-2)19-7-3/h21-22,25H,5-20H2,1-4H3. The molecule has 0 aliphatic heterocycles. The lowest BCUT2D eigenvalue weighted by atomic mass is 10.1. The van der Waals surface area contributed by atoms with Gasteiger partial charge in [-0.05, 0) is 25.7 Å². The molecule has 1 unspecified atom stereocenters. The first-order valence-corrected chi connectivity index (χ1v) is 13.7. The zero-order valence-corrected chi connectivity index (χ0v) is 21.4. The van der Waals surface area contributed by atoms with E-state index < -0.39 is 0 Å². The second-order valence-corrected chi connectivity index (χ2v) is 9.39. The van der Waals surface area contributed by atoms with Gasteiger partial charge in [0.25, 0.3) is 0 Å². The van der Waals surface area contributed by atoms with E-state index >= 15 is 0 Å². The van der Waals surface area contributed by atoms with Gasteiger partial charge >= 0.3 is 5.97 Å². The van der Waals surface area contributed by atoms with Crippen LogP contribution in [-0.2, 0) is 4.74 Å². The number of thiophene rings is 1. The van der Waals surface area contributed by atoms with Gasteiger partial charge in [-0.3, -0.25) is 4.90 Å². The third kappa shape index (κ3) is 12.5. The fourth-order valence-corrected chi connectivity index (χ4v) is 4.56. The topological polar surface area (TPSA) is 38.8 Å². The largest absolute Gasteiger partial charge is 0.493 e. The number of ether oxygens (including phenoxy) is 2. The highest BCUT2D eigenvalue weighted by atomic mass is 32.1. The SMILES string of the molecule is CCCCCCCCCCCCOc1csc(C(=O)OC(CC)N(CCC)CCC)c1. The maximum atomic E-state index is 12.6. The Morgan fingerprint density at radius 2 is 1.45 bits per heavy atom. The molecule has 31 heavy (non-hydrogen) atoms. The highest BCUT2D eigenvalue weighted by Crippen LogP contribution is 2.24. The van der Waals surface area contributed by atoms with Crippen molar-refractivity contribution in [2.45, 2.75) is 117 Å². The molecule has 0 spiro atoms. The first kappa shape index (κ1) is 28.0. The number of esters is 1. The number of unbranched alkanes of at least 4 members (excludes halogenated alkanes) is 9. The van der Waals surface area contributed by atoms with Gasteiger partial charge in [0, 0.05) is 24.5 Å². The molecule has 0 saturated heterocycles. The van der Waals surface area contributed by atoms with Gasteiger partial charge in [0.15, 0.2) is 6.23 Å². The van der Waals surface area contributed by atoms with Crippen LogP contribution in [0.4, 0.5) is 0 Å². The molecule has 0 aliphatic carbocycles. The molecule has 4 nitrogen and oxygen atoms in total. The van der Waals surface area contributed by atoms with E-state index in [2.05, 4.69) is 32.6 Å². The van der Waals surface area contributed by atoms with Gasteiger partial charge in [-0.1, -0.05) is 85.5 Å². The Morgan fingerprint density at radius 3 is 2.00 bits per heavy atom. The summed E-state index contributed by atoms with van der Waals surface area (Å²) in [6.45, 7) is 11.3. The smallest absolute Gasteiger partial charge is 0.350 e. The first-order chi connectivity index (χ1) is 15.2. The second kappa shape index (κ2) is 18.5. The summed E-state index contributed by atoms with van der Waals surface area (Å²) >= 11 is 1.41. The summed E-state index contributed by atoms with van der Waals surface area (Å²) in [4.78, 5) is 15.5. The molecule has 1 rings (SSSR count).